The molecule has 0 aromatic carbocycles. The van der Waals surface area contributed by atoms with Gasteiger partial charge in [-0.25, -0.2) is 9.78 Å². The number of hydrogen-bond acceptors (Lipinski definition) is 3. The predicted octanol–water partition coefficient (Wildman–Crippen LogP) is 2.34. The van der Waals surface area contributed by atoms with Gasteiger partial charge in [0.25, 0.3) is 0 Å². The summed E-state index contributed by atoms with van der Waals surface area (Å²) >= 11 is 3.38. The van der Waals surface area contributed by atoms with Crippen molar-refractivity contribution in [2.75, 3.05) is 6.61 Å². The molecule has 2 rings (SSSR count). The van der Waals surface area contributed by atoms with Gasteiger partial charge in [0, 0.05) is 6.20 Å². The smallest absolute Gasteiger partial charge is 0.407 e. The number of pyridine rings is 1. The van der Waals surface area contributed by atoms with Gasteiger partial charge in [-0.3, -0.25) is 0 Å². The minimum absolute atomic E-state index is 0.329. The fraction of sp³-hybridized carbons (Fsp3) is 0.273. The first-order valence-corrected chi connectivity index (χ1v) is 6.03. The quantitative estimate of drug-likeness (QED) is 0.946. The molecule has 0 aliphatic carbocycles. The van der Waals surface area contributed by atoms with E-state index in [4.69, 9.17) is 4.74 Å². The highest BCUT2D eigenvalue weighted by Crippen LogP contribution is 2.18. The molecule has 90 valence electrons. The number of alkyl carbamates (subject to hydrolysis) is 1. The highest BCUT2D eigenvalue weighted by Gasteiger charge is 2.09. The zero-order valence-electron chi connectivity index (χ0n) is 9.31. The van der Waals surface area contributed by atoms with E-state index in [1.54, 1.807) is 6.92 Å². The number of hydrogen-bond donors (Lipinski definition) is 1. The molecule has 1 amide bonds. The summed E-state index contributed by atoms with van der Waals surface area (Å²) < 4.78 is 7.46. The molecule has 5 nitrogen and oxygen atoms in total. The molecule has 1 N–H and O–H groups in total. The maximum absolute atomic E-state index is 11.2. The Kier molecular flexibility index (Phi) is 3.63. The minimum atomic E-state index is -0.434. The molecule has 0 radical (unpaired) electrons. The Bertz CT molecular complexity index is 538. The number of amides is 1. The first-order valence-electron chi connectivity index (χ1n) is 5.24. The van der Waals surface area contributed by atoms with Gasteiger partial charge >= 0.3 is 6.09 Å². The normalized spacial score (nSPS) is 10.5. The van der Waals surface area contributed by atoms with Crippen LogP contribution in [0.25, 0.3) is 5.52 Å². The number of carbonyl (C=O) groups excluding carboxylic acids is 1. The highest BCUT2D eigenvalue weighted by atomic mass is 79.9. The number of carbonyl (C=O) groups is 1. The van der Waals surface area contributed by atoms with E-state index < -0.39 is 6.09 Å². The minimum Gasteiger partial charge on any atom is -0.450 e. The van der Waals surface area contributed by atoms with Crippen molar-refractivity contribution < 1.29 is 9.53 Å². The van der Waals surface area contributed by atoms with Crippen LogP contribution in [0.3, 0.4) is 0 Å². The van der Waals surface area contributed by atoms with E-state index in [2.05, 4.69) is 26.2 Å². The molecule has 0 bridgehead atoms. The van der Waals surface area contributed by atoms with Gasteiger partial charge in [-0.1, -0.05) is 6.07 Å². The molecule has 0 saturated heterocycles. The molecule has 0 spiro atoms. The summed E-state index contributed by atoms with van der Waals surface area (Å²) in [4.78, 5) is 15.5. The zero-order chi connectivity index (χ0) is 12.3. The van der Waals surface area contributed by atoms with Gasteiger partial charge in [0.1, 0.15) is 10.4 Å². The summed E-state index contributed by atoms with van der Waals surface area (Å²) in [6, 6.07) is 5.80. The van der Waals surface area contributed by atoms with E-state index in [-0.39, 0.29) is 0 Å². The standard InChI is InChI=1S/C11H12BrN3O2/c1-2-17-11(16)13-7-9-14-10(12)8-5-3-4-6-15(8)9/h3-6H,2,7H2,1H3,(H,13,16). The van der Waals surface area contributed by atoms with E-state index in [0.717, 1.165) is 15.9 Å². The first kappa shape index (κ1) is 11.9. The van der Waals surface area contributed by atoms with Crippen molar-refractivity contribution in [3.63, 3.8) is 0 Å². The van der Waals surface area contributed by atoms with Crippen molar-refractivity contribution in [2.24, 2.45) is 0 Å². The molecule has 2 heterocycles. The molecule has 2 aromatic heterocycles. The summed E-state index contributed by atoms with van der Waals surface area (Å²) in [6.45, 7) is 2.45. The summed E-state index contributed by atoms with van der Waals surface area (Å²) in [5.74, 6) is 0.750. The Hall–Kier alpha value is -1.56. The number of halogens is 1. The fourth-order valence-electron chi connectivity index (χ4n) is 1.52. The largest absolute Gasteiger partial charge is 0.450 e. The van der Waals surface area contributed by atoms with Crippen LogP contribution in [0.5, 0.6) is 0 Å². The molecule has 0 aliphatic rings. The van der Waals surface area contributed by atoms with Gasteiger partial charge in [-0.05, 0) is 35.0 Å². The zero-order valence-corrected chi connectivity index (χ0v) is 10.9. The van der Waals surface area contributed by atoms with Gasteiger partial charge in [-0.15, -0.1) is 0 Å². The van der Waals surface area contributed by atoms with Crippen molar-refractivity contribution in [3.8, 4) is 0 Å². The number of fused-ring (bicyclic) bond motifs is 1. The monoisotopic (exact) mass is 297 g/mol. The third-order valence-corrected chi connectivity index (χ3v) is 2.83. The van der Waals surface area contributed by atoms with Crippen LogP contribution in [0, 0.1) is 0 Å². The van der Waals surface area contributed by atoms with Crippen molar-refractivity contribution in [1.29, 1.82) is 0 Å². The van der Waals surface area contributed by atoms with E-state index in [1.165, 1.54) is 0 Å². The van der Waals surface area contributed by atoms with Crippen LogP contribution < -0.4 is 5.32 Å². The van der Waals surface area contributed by atoms with Crippen molar-refractivity contribution in [1.82, 2.24) is 14.7 Å². The average Bonchev–Trinajstić information content (AvgIpc) is 2.65. The van der Waals surface area contributed by atoms with Crippen molar-refractivity contribution in [3.05, 3.63) is 34.8 Å². The fourth-order valence-corrected chi connectivity index (χ4v) is 2.05. The molecule has 0 saturated carbocycles. The van der Waals surface area contributed by atoms with Gasteiger partial charge in [0.15, 0.2) is 0 Å². The summed E-state index contributed by atoms with van der Waals surface area (Å²) in [6.07, 6.45) is 1.46. The number of rotatable bonds is 3. The van der Waals surface area contributed by atoms with Crippen LogP contribution >= 0.6 is 15.9 Å². The molecule has 0 aliphatic heterocycles. The Balaban J connectivity index is 2.16. The molecule has 0 unspecified atom stereocenters. The molecule has 17 heavy (non-hydrogen) atoms. The molecule has 2 aromatic rings. The van der Waals surface area contributed by atoms with Crippen LogP contribution in [-0.4, -0.2) is 22.1 Å². The summed E-state index contributed by atoms with van der Waals surface area (Å²) in [7, 11) is 0. The van der Waals surface area contributed by atoms with E-state index in [1.807, 2.05) is 28.8 Å². The van der Waals surface area contributed by atoms with E-state index in [9.17, 15) is 4.79 Å². The molecular weight excluding hydrogens is 286 g/mol. The molecule has 0 atom stereocenters. The number of nitrogens with zero attached hydrogens (tertiary/aromatic N) is 2. The first-order chi connectivity index (χ1) is 8.22. The second-order valence-electron chi connectivity index (χ2n) is 3.35. The number of imidazole rings is 1. The van der Waals surface area contributed by atoms with Crippen LogP contribution in [0.1, 0.15) is 12.7 Å². The van der Waals surface area contributed by atoms with Gasteiger partial charge in [0.2, 0.25) is 0 Å². The Labute approximate surface area is 107 Å². The third kappa shape index (κ3) is 2.58. The summed E-state index contributed by atoms with van der Waals surface area (Å²) in [5, 5.41) is 2.64. The highest BCUT2D eigenvalue weighted by molar-refractivity contribution is 9.10. The molecule has 6 heteroatoms. The van der Waals surface area contributed by atoms with Crippen LogP contribution in [0.4, 0.5) is 4.79 Å². The van der Waals surface area contributed by atoms with Crippen LogP contribution in [-0.2, 0) is 11.3 Å². The van der Waals surface area contributed by atoms with E-state index in [0.29, 0.717) is 13.2 Å². The second-order valence-corrected chi connectivity index (χ2v) is 4.10. The lowest BCUT2D eigenvalue weighted by molar-refractivity contribution is 0.151. The number of ether oxygens (including phenoxy) is 1. The lowest BCUT2D eigenvalue weighted by Crippen LogP contribution is -2.24. The predicted molar refractivity (Wildman–Crippen MR) is 66.8 cm³/mol. The van der Waals surface area contributed by atoms with Crippen molar-refractivity contribution in [2.45, 2.75) is 13.5 Å². The maximum atomic E-state index is 11.2. The number of aromatic nitrogens is 2. The van der Waals surface area contributed by atoms with Gasteiger partial charge in [0.05, 0.1) is 18.7 Å². The maximum Gasteiger partial charge on any atom is 0.407 e. The third-order valence-electron chi connectivity index (χ3n) is 2.24. The van der Waals surface area contributed by atoms with E-state index >= 15 is 0 Å². The van der Waals surface area contributed by atoms with Gasteiger partial charge < -0.3 is 14.5 Å². The number of nitrogens with one attached hydrogen (secondary N) is 1. The molecule has 0 fully saturated rings. The lowest BCUT2D eigenvalue weighted by atomic mass is 10.4. The van der Waals surface area contributed by atoms with Crippen LogP contribution in [0.2, 0.25) is 0 Å². The summed E-state index contributed by atoms with van der Waals surface area (Å²) in [5.41, 5.74) is 0.966. The molecular formula is C11H12BrN3O2. The average molecular weight is 298 g/mol. The Morgan fingerprint density at radius 1 is 1.59 bits per heavy atom. The topological polar surface area (TPSA) is 55.6 Å². The van der Waals surface area contributed by atoms with Gasteiger partial charge in [-0.2, -0.15) is 0 Å². The van der Waals surface area contributed by atoms with Crippen molar-refractivity contribution >= 4 is 27.5 Å². The SMILES string of the molecule is CCOC(=O)NCc1nc(Br)c2ccccn12. The Morgan fingerprint density at radius 2 is 2.41 bits per heavy atom. The van der Waals surface area contributed by atoms with Crippen LogP contribution in [0.15, 0.2) is 29.0 Å². The Morgan fingerprint density at radius 3 is 3.18 bits per heavy atom. The lowest BCUT2D eigenvalue weighted by Gasteiger charge is -2.04. The second kappa shape index (κ2) is 5.18.